The van der Waals surface area contributed by atoms with Crippen LogP contribution in [-0.4, -0.2) is 6.29 Å². The van der Waals surface area contributed by atoms with E-state index in [2.05, 4.69) is 29.6 Å². The molecular formula is C15H13NO. The molecule has 0 amide bonds. The largest absolute Gasteiger partial charge is 0.354 e. The van der Waals surface area contributed by atoms with Crippen LogP contribution in [0, 0.1) is 0 Å². The van der Waals surface area contributed by atoms with E-state index in [1.165, 1.54) is 11.1 Å². The summed E-state index contributed by atoms with van der Waals surface area (Å²) in [4.78, 5) is 11.1. The van der Waals surface area contributed by atoms with Gasteiger partial charge in [-0.2, -0.15) is 0 Å². The Labute approximate surface area is 100 Å². The Hall–Kier alpha value is -2.09. The van der Waals surface area contributed by atoms with Crippen molar-refractivity contribution >= 4 is 17.7 Å². The quantitative estimate of drug-likeness (QED) is 0.751. The molecule has 1 N–H and O–H groups in total. The third kappa shape index (κ3) is 1.72. The van der Waals surface area contributed by atoms with Crippen LogP contribution in [-0.2, 0) is 12.8 Å². The highest BCUT2D eigenvalue weighted by molar-refractivity contribution is 5.88. The summed E-state index contributed by atoms with van der Waals surface area (Å²) in [7, 11) is 0. The van der Waals surface area contributed by atoms with Crippen LogP contribution in [0.3, 0.4) is 0 Å². The van der Waals surface area contributed by atoms with Gasteiger partial charge in [0, 0.05) is 11.3 Å². The number of carbonyl (C=O) groups is 1. The maximum atomic E-state index is 11.1. The van der Waals surface area contributed by atoms with Gasteiger partial charge in [-0.1, -0.05) is 30.3 Å². The monoisotopic (exact) mass is 223 g/mol. The number of fused-ring (bicyclic) bond motifs is 2. The lowest BCUT2D eigenvalue weighted by Gasteiger charge is -2.11. The van der Waals surface area contributed by atoms with Gasteiger partial charge in [0.1, 0.15) is 0 Å². The fourth-order valence-electron chi connectivity index (χ4n) is 2.34. The number of nitrogens with one attached hydrogen (secondary N) is 1. The molecule has 1 heterocycles. The lowest BCUT2D eigenvalue weighted by molar-refractivity contribution is 0.112. The zero-order valence-electron chi connectivity index (χ0n) is 9.44. The second-order valence-corrected chi connectivity index (χ2v) is 4.28. The first-order chi connectivity index (χ1) is 8.38. The van der Waals surface area contributed by atoms with Gasteiger partial charge in [0.05, 0.1) is 5.69 Å². The van der Waals surface area contributed by atoms with Gasteiger partial charge in [-0.05, 0) is 36.1 Å². The van der Waals surface area contributed by atoms with E-state index in [4.69, 9.17) is 0 Å². The number of rotatable bonds is 1. The standard InChI is InChI=1S/C15H13NO/c17-10-13-6-3-5-12-9-8-11-4-1-2-7-14(11)16-15(12)13/h1-7,10,16H,8-9H2. The fourth-order valence-corrected chi connectivity index (χ4v) is 2.34. The number of aryl methyl sites for hydroxylation is 2. The molecule has 0 spiro atoms. The topological polar surface area (TPSA) is 29.1 Å². The molecule has 0 radical (unpaired) electrons. The molecule has 0 aromatic heterocycles. The Kier molecular flexibility index (Phi) is 2.41. The van der Waals surface area contributed by atoms with Gasteiger partial charge < -0.3 is 5.32 Å². The number of hydrogen-bond acceptors (Lipinski definition) is 2. The van der Waals surface area contributed by atoms with E-state index in [0.717, 1.165) is 36.1 Å². The number of hydrogen-bond donors (Lipinski definition) is 1. The third-order valence-corrected chi connectivity index (χ3v) is 3.25. The van der Waals surface area contributed by atoms with Crippen molar-refractivity contribution < 1.29 is 4.79 Å². The summed E-state index contributed by atoms with van der Waals surface area (Å²) in [5.41, 5.74) is 5.33. The van der Waals surface area contributed by atoms with E-state index < -0.39 is 0 Å². The summed E-state index contributed by atoms with van der Waals surface area (Å²) >= 11 is 0. The molecule has 84 valence electrons. The molecule has 1 aliphatic rings. The van der Waals surface area contributed by atoms with Crippen molar-refractivity contribution in [1.82, 2.24) is 0 Å². The van der Waals surface area contributed by atoms with Crippen LogP contribution in [0.5, 0.6) is 0 Å². The van der Waals surface area contributed by atoms with Gasteiger partial charge in [0.2, 0.25) is 0 Å². The van der Waals surface area contributed by atoms with Crippen molar-refractivity contribution in [3.63, 3.8) is 0 Å². The molecule has 0 saturated carbocycles. The highest BCUT2D eigenvalue weighted by Gasteiger charge is 2.14. The first kappa shape index (κ1) is 10.1. The average molecular weight is 223 g/mol. The number of benzene rings is 2. The van der Waals surface area contributed by atoms with Gasteiger partial charge in [-0.15, -0.1) is 0 Å². The first-order valence-corrected chi connectivity index (χ1v) is 5.80. The third-order valence-electron chi connectivity index (χ3n) is 3.25. The van der Waals surface area contributed by atoms with Gasteiger partial charge >= 0.3 is 0 Å². The van der Waals surface area contributed by atoms with Crippen molar-refractivity contribution in [3.05, 3.63) is 59.2 Å². The van der Waals surface area contributed by atoms with Gasteiger partial charge in [0.15, 0.2) is 6.29 Å². The molecule has 0 fully saturated rings. The minimum atomic E-state index is 0.735. The fraction of sp³-hybridized carbons (Fsp3) is 0.133. The summed E-state index contributed by atoms with van der Waals surface area (Å²) in [5.74, 6) is 0. The molecule has 0 saturated heterocycles. The molecular weight excluding hydrogens is 210 g/mol. The van der Waals surface area contributed by atoms with E-state index in [1.807, 2.05) is 18.2 Å². The zero-order valence-corrected chi connectivity index (χ0v) is 9.44. The number of carbonyl (C=O) groups excluding carboxylic acids is 1. The molecule has 0 unspecified atom stereocenters. The Morgan fingerprint density at radius 3 is 2.59 bits per heavy atom. The second-order valence-electron chi connectivity index (χ2n) is 4.28. The maximum Gasteiger partial charge on any atom is 0.152 e. The van der Waals surface area contributed by atoms with Crippen LogP contribution >= 0.6 is 0 Å². The van der Waals surface area contributed by atoms with E-state index in [-0.39, 0.29) is 0 Å². The zero-order chi connectivity index (χ0) is 11.7. The van der Waals surface area contributed by atoms with Crippen molar-refractivity contribution in [2.75, 3.05) is 5.32 Å². The molecule has 2 nitrogen and oxygen atoms in total. The highest BCUT2D eigenvalue weighted by Crippen LogP contribution is 2.31. The van der Waals surface area contributed by atoms with Gasteiger partial charge in [-0.3, -0.25) is 4.79 Å². The van der Waals surface area contributed by atoms with E-state index in [9.17, 15) is 4.79 Å². The van der Waals surface area contributed by atoms with Crippen LogP contribution in [0.25, 0.3) is 0 Å². The average Bonchev–Trinajstić information content (AvgIpc) is 2.57. The Morgan fingerprint density at radius 1 is 0.941 bits per heavy atom. The summed E-state index contributed by atoms with van der Waals surface area (Å²) in [6.07, 6.45) is 2.90. The summed E-state index contributed by atoms with van der Waals surface area (Å²) in [5, 5.41) is 3.39. The predicted octanol–water partition coefficient (Wildman–Crippen LogP) is 3.34. The van der Waals surface area contributed by atoms with Crippen LogP contribution in [0.15, 0.2) is 42.5 Å². The number of para-hydroxylation sites is 2. The lowest BCUT2D eigenvalue weighted by Crippen LogP contribution is -1.97. The molecule has 0 aliphatic carbocycles. The summed E-state index contributed by atoms with van der Waals surface area (Å²) in [6, 6.07) is 14.1. The molecule has 2 heteroatoms. The minimum Gasteiger partial charge on any atom is -0.354 e. The summed E-state index contributed by atoms with van der Waals surface area (Å²) in [6.45, 7) is 0. The molecule has 17 heavy (non-hydrogen) atoms. The Bertz CT molecular complexity index is 575. The van der Waals surface area contributed by atoms with Crippen LogP contribution in [0.4, 0.5) is 11.4 Å². The van der Waals surface area contributed by atoms with Crippen molar-refractivity contribution in [1.29, 1.82) is 0 Å². The Morgan fingerprint density at radius 2 is 1.71 bits per heavy atom. The second kappa shape index (κ2) is 4.06. The first-order valence-electron chi connectivity index (χ1n) is 5.80. The SMILES string of the molecule is O=Cc1cccc2c1Nc1ccccc1CC2. The lowest BCUT2D eigenvalue weighted by atomic mass is 10.0. The molecule has 0 atom stereocenters. The Balaban J connectivity index is 2.15. The molecule has 1 aliphatic heterocycles. The van der Waals surface area contributed by atoms with Gasteiger partial charge in [0.25, 0.3) is 0 Å². The molecule has 2 aromatic carbocycles. The highest BCUT2D eigenvalue weighted by atomic mass is 16.1. The van der Waals surface area contributed by atoms with Gasteiger partial charge in [-0.25, -0.2) is 0 Å². The predicted molar refractivity (Wildman–Crippen MR) is 69.0 cm³/mol. The van der Waals surface area contributed by atoms with Crippen molar-refractivity contribution in [3.8, 4) is 0 Å². The number of aldehydes is 1. The molecule has 2 aromatic rings. The smallest absolute Gasteiger partial charge is 0.152 e. The van der Waals surface area contributed by atoms with Crippen LogP contribution in [0.1, 0.15) is 21.5 Å². The van der Waals surface area contributed by atoms with E-state index in [0.29, 0.717) is 0 Å². The van der Waals surface area contributed by atoms with Crippen molar-refractivity contribution in [2.45, 2.75) is 12.8 Å². The normalized spacial score (nSPS) is 12.9. The minimum absolute atomic E-state index is 0.735. The van der Waals surface area contributed by atoms with Crippen LogP contribution in [0.2, 0.25) is 0 Å². The maximum absolute atomic E-state index is 11.1. The summed E-state index contributed by atoms with van der Waals surface area (Å²) < 4.78 is 0. The number of anilines is 2. The van der Waals surface area contributed by atoms with Crippen molar-refractivity contribution in [2.24, 2.45) is 0 Å². The van der Waals surface area contributed by atoms with E-state index >= 15 is 0 Å². The molecule has 3 rings (SSSR count). The van der Waals surface area contributed by atoms with E-state index in [1.54, 1.807) is 0 Å². The van der Waals surface area contributed by atoms with Crippen LogP contribution < -0.4 is 5.32 Å². The molecule has 0 bridgehead atoms.